The SMILES string of the molecule is Cc1nc2ccccc2n1CCCNC(=O)c1cccc(-n2cccc2)c1. The van der Waals surface area contributed by atoms with Crippen molar-refractivity contribution >= 4 is 16.9 Å². The van der Waals surface area contributed by atoms with Crippen molar-refractivity contribution in [1.82, 2.24) is 19.4 Å². The number of carbonyl (C=O) groups is 1. The van der Waals surface area contributed by atoms with E-state index in [0.29, 0.717) is 12.1 Å². The summed E-state index contributed by atoms with van der Waals surface area (Å²) < 4.78 is 4.19. The number of hydrogen-bond acceptors (Lipinski definition) is 2. The molecule has 0 atom stereocenters. The molecule has 5 heteroatoms. The second-order valence-electron chi connectivity index (χ2n) is 6.55. The number of benzene rings is 2. The fraction of sp³-hybridized carbons (Fsp3) is 0.182. The van der Waals surface area contributed by atoms with Gasteiger partial charge in [0.05, 0.1) is 11.0 Å². The van der Waals surface area contributed by atoms with Crippen LogP contribution in [0.1, 0.15) is 22.6 Å². The van der Waals surface area contributed by atoms with Crippen molar-refractivity contribution in [3.8, 4) is 5.69 Å². The van der Waals surface area contributed by atoms with E-state index in [1.54, 1.807) is 0 Å². The molecule has 27 heavy (non-hydrogen) atoms. The predicted molar refractivity (Wildman–Crippen MR) is 107 cm³/mol. The maximum absolute atomic E-state index is 12.5. The number of hydrogen-bond donors (Lipinski definition) is 1. The second-order valence-corrected chi connectivity index (χ2v) is 6.55. The highest BCUT2D eigenvalue weighted by Crippen LogP contribution is 2.16. The molecule has 0 aliphatic heterocycles. The number of carbonyl (C=O) groups excluding carboxylic acids is 1. The van der Waals surface area contributed by atoms with Crippen LogP contribution in [0.5, 0.6) is 0 Å². The average molecular weight is 358 g/mol. The summed E-state index contributed by atoms with van der Waals surface area (Å²) in [4.78, 5) is 17.0. The monoisotopic (exact) mass is 358 g/mol. The lowest BCUT2D eigenvalue weighted by Gasteiger charge is -2.09. The fourth-order valence-electron chi connectivity index (χ4n) is 3.33. The summed E-state index contributed by atoms with van der Waals surface area (Å²) in [6.45, 7) is 3.47. The van der Waals surface area contributed by atoms with Crippen molar-refractivity contribution in [3.05, 3.63) is 84.4 Å². The van der Waals surface area contributed by atoms with Crippen molar-refractivity contribution in [1.29, 1.82) is 0 Å². The van der Waals surface area contributed by atoms with Gasteiger partial charge in [0, 0.05) is 36.7 Å². The molecular weight excluding hydrogens is 336 g/mol. The summed E-state index contributed by atoms with van der Waals surface area (Å²) >= 11 is 0. The third kappa shape index (κ3) is 3.62. The zero-order chi connectivity index (χ0) is 18.6. The number of imidazole rings is 1. The highest BCUT2D eigenvalue weighted by Gasteiger charge is 2.08. The Bertz CT molecular complexity index is 1060. The van der Waals surface area contributed by atoms with Crippen LogP contribution in [0.4, 0.5) is 0 Å². The van der Waals surface area contributed by atoms with Gasteiger partial charge >= 0.3 is 0 Å². The van der Waals surface area contributed by atoms with Gasteiger partial charge in [0.25, 0.3) is 5.91 Å². The molecule has 0 saturated carbocycles. The molecule has 2 aromatic carbocycles. The van der Waals surface area contributed by atoms with Crippen LogP contribution in [-0.2, 0) is 6.54 Å². The lowest BCUT2D eigenvalue weighted by atomic mass is 10.2. The number of aryl methyl sites for hydroxylation is 2. The van der Waals surface area contributed by atoms with Gasteiger partial charge in [0.15, 0.2) is 0 Å². The van der Waals surface area contributed by atoms with Crippen LogP contribution in [0.2, 0.25) is 0 Å². The molecular formula is C22H22N4O. The number of rotatable bonds is 6. The Balaban J connectivity index is 1.36. The van der Waals surface area contributed by atoms with E-state index in [1.807, 2.05) is 78.5 Å². The van der Waals surface area contributed by atoms with E-state index in [1.165, 1.54) is 0 Å². The first-order valence-corrected chi connectivity index (χ1v) is 9.16. The van der Waals surface area contributed by atoms with Crippen molar-refractivity contribution < 1.29 is 4.79 Å². The van der Waals surface area contributed by atoms with Crippen molar-refractivity contribution in [2.75, 3.05) is 6.54 Å². The molecule has 136 valence electrons. The largest absolute Gasteiger partial charge is 0.352 e. The summed E-state index contributed by atoms with van der Waals surface area (Å²) in [7, 11) is 0. The average Bonchev–Trinajstić information content (AvgIpc) is 3.33. The van der Waals surface area contributed by atoms with Gasteiger partial charge in [-0.3, -0.25) is 4.79 Å². The van der Waals surface area contributed by atoms with Gasteiger partial charge in [0.1, 0.15) is 5.82 Å². The van der Waals surface area contributed by atoms with Gasteiger partial charge in [0.2, 0.25) is 0 Å². The van der Waals surface area contributed by atoms with E-state index < -0.39 is 0 Å². The number of amides is 1. The predicted octanol–water partition coefficient (Wildman–Crippen LogP) is 3.96. The summed E-state index contributed by atoms with van der Waals surface area (Å²) in [6.07, 6.45) is 4.79. The Morgan fingerprint density at radius 3 is 2.70 bits per heavy atom. The molecule has 4 rings (SSSR count). The first-order valence-electron chi connectivity index (χ1n) is 9.16. The quantitative estimate of drug-likeness (QED) is 0.531. The topological polar surface area (TPSA) is 51.9 Å². The van der Waals surface area contributed by atoms with E-state index in [-0.39, 0.29) is 5.91 Å². The standard InChI is InChI=1S/C22H22N4O/c1-17-24-20-10-2-3-11-21(20)26(17)15-7-12-23-22(27)18-8-6-9-19(16-18)25-13-4-5-14-25/h2-6,8-11,13-14,16H,7,12,15H2,1H3,(H,23,27). The molecule has 0 saturated heterocycles. The molecule has 2 heterocycles. The van der Waals surface area contributed by atoms with Crippen LogP contribution in [-0.4, -0.2) is 26.6 Å². The first kappa shape index (κ1) is 17.1. The molecule has 2 aromatic heterocycles. The van der Waals surface area contributed by atoms with Gasteiger partial charge < -0.3 is 14.5 Å². The normalized spacial score (nSPS) is 11.0. The smallest absolute Gasteiger partial charge is 0.251 e. The second kappa shape index (κ2) is 7.50. The highest BCUT2D eigenvalue weighted by atomic mass is 16.1. The molecule has 0 unspecified atom stereocenters. The van der Waals surface area contributed by atoms with Crippen LogP contribution >= 0.6 is 0 Å². The summed E-state index contributed by atoms with van der Waals surface area (Å²) in [5, 5.41) is 3.02. The zero-order valence-corrected chi connectivity index (χ0v) is 15.3. The summed E-state index contributed by atoms with van der Waals surface area (Å²) in [5.74, 6) is 0.957. The highest BCUT2D eigenvalue weighted by molar-refractivity contribution is 5.94. The number of nitrogens with zero attached hydrogens (tertiary/aromatic N) is 3. The Morgan fingerprint density at radius 1 is 1.04 bits per heavy atom. The van der Waals surface area contributed by atoms with Gasteiger partial charge in [-0.25, -0.2) is 4.98 Å². The third-order valence-electron chi connectivity index (χ3n) is 4.70. The molecule has 1 amide bonds. The van der Waals surface area contributed by atoms with E-state index in [2.05, 4.69) is 20.9 Å². The van der Waals surface area contributed by atoms with E-state index in [9.17, 15) is 4.79 Å². The van der Waals surface area contributed by atoms with Gasteiger partial charge in [-0.2, -0.15) is 0 Å². The summed E-state index contributed by atoms with van der Waals surface area (Å²) in [5.41, 5.74) is 3.81. The van der Waals surface area contributed by atoms with Crippen LogP contribution in [0.25, 0.3) is 16.7 Å². The van der Waals surface area contributed by atoms with Gasteiger partial charge in [-0.15, -0.1) is 0 Å². The number of fused-ring (bicyclic) bond motifs is 1. The molecule has 0 radical (unpaired) electrons. The Morgan fingerprint density at radius 2 is 1.85 bits per heavy atom. The maximum atomic E-state index is 12.5. The minimum Gasteiger partial charge on any atom is -0.352 e. The third-order valence-corrected chi connectivity index (χ3v) is 4.70. The Hall–Kier alpha value is -3.34. The zero-order valence-electron chi connectivity index (χ0n) is 15.3. The molecule has 0 aliphatic carbocycles. The molecule has 0 aliphatic rings. The van der Waals surface area contributed by atoms with E-state index >= 15 is 0 Å². The van der Waals surface area contributed by atoms with Crippen molar-refractivity contribution in [2.24, 2.45) is 0 Å². The van der Waals surface area contributed by atoms with Gasteiger partial charge in [-0.05, 0) is 55.8 Å². The Kier molecular flexibility index (Phi) is 4.75. The Labute approximate surface area is 158 Å². The van der Waals surface area contributed by atoms with E-state index in [4.69, 9.17) is 0 Å². The first-order chi connectivity index (χ1) is 13.2. The molecule has 0 fully saturated rings. The lowest BCUT2D eigenvalue weighted by Crippen LogP contribution is -2.25. The molecule has 1 N–H and O–H groups in total. The fourth-order valence-corrected chi connectivity index (χ4v) is 3.33. The number of nitrogens with one attached hydrogen (secondary N) is 1. The molecule has 0 bridgehead atoms. The molecule has 5 nitrogen and oxygen atoms in total. The number of para-hydroxylation sites is 2. The van der Waals surface area contributed by atoms with Crippen LogP contribution < -0.4 is 5.32 Å². The maximum Gasteiger partial charge on any atom is 0.251 e. The molecule has 0 spiro atoms. The van der Waals surface area contributed by atoms with E-state index in [0.717, 1.165) is 35.5 Å². The van der Waals surface area contributed by atoms with Crippen LogP contribution in [0.3, 0.4) is 0 Å². The lowest BCUT2D eigenvalue weighted by molar-refractivity contribution is 0.0952. The minimum absolute atomic E-state index is 0.0452. The van der Waals surface area contributed by atoms with Gasteiger partial charge in [-0.1, -0.05) is 18.2 Å². The minimum atomic E-state index is -0.0452. The summed E-state index contributed by atoms with van der Waals surface area (Å²) in [6, 6.07) is 19.7. The van der Waals surface area contributed by atoms with Crippen LogP contribution in [0, 0.1) is 6.92 Å². The van der Waals surface area contributed by atoms with Crippen molar-refractivity contribution in [2.45, 2.75) is 19.9 Å². The van der Waals surface area contributed by atoms with Crippen molar-refractivity contribution in [3.63, 3.8) is 0 Å². The molecule has 4 aromatic rings. The number of aromatic nitrogens is 3. The van der Waals surface area contributed by atoms with Crippen LogP contribution in [0.15, 0.2) is 73.1 Å².